The Balaban J connectivity index is 0.000000157. The number of aryl methyl sites for hydroxylation is 4. The van der Waals surface area contributed by atoms with Crippen molar-refractivity contribution >= 4 is 90.7 Å². The molecule has 2 atom stereocenters. The Labute approximate surface area is 438 Å². The van der Waals surface area contributed by atoms with Gasteiger partial charge in [0.25, 0.3) is 0 Å². The molecule has 73 heavy (non-hydrogen) atoms. The van der Waals surface area contributed by atoms with E-state index in [9.17, 15) is 24.7 Å². The maximum absolute atomic E-state index is 12.5. The van der Waals surface area contributed by atoms with Crippen LogP contribution in [-0.2, 0) is 36.6 Å². The minimum Gasteiger partial charge on any atom is -0.493 e. The van der Waals surface area contributed by atoms with Crippen LogP contribution in [0.25, 0.3) is 54.7 Å². The third kappa shape index (κ3) is 11.3. The molecule has 8 aromatic rings. The Morgan fingerprint density at radius 3 is 1.73 bits per heavy atom. The number of halogens is 1. The van der Waals surface area contributed by atoms with E-state index in [0.29, 0.717) is 35.5 Å². The van der Waals surface area contributed by atoms with Gasteiger partial charge in [0.2, 0.25) is 0 Å². The van der Waals surface area contributed by atoms with Crippen molar-refractivity contribution in [2.45, 2.75) is 105 Å². The number of carbonyl (C=O) groups excluding carboxylic acids is 1. The summed E-state index contributed by atoms with van der Waals surface area (Å²) in [6.45, 7) is 20.4. The molecule has 0 fully saturated rings. The molecule has 0 saturated heterocycles. The summed E-state index contributed by atoms with van der Waals surface area (Å²) in [5.74, 6) is 0.121. The number of methoxy groups -OCH3 is 1. The maximum Gasteiger partial charge on any atom is 0.490 e. The molecule has 0 spiro atoms. The average molecular weight is 1100 g/mol. The number of carbonyl (C=O) groups is 2. The molecule has 16 heteroatoms. The summed E-state index contributed by atoms with van der Waals surface area (Å²) < 4.78 is 29.5. The van der Waals surface area contributed by atoms with Crippen LogP contribution in [0.2, 0.25) is 0 Å². The first-order chi connectivity index (χ1) is 34.5. The summed E-state index contributed by atoms with van der Waals surface area (Å²) in [6, 6.07) is 23.5. The summed E-state index contributed by atoms with van der Waals surface area (Å²) in [5.41, 5.74) is 11.4. The fraction of sp³-hybridized carbons (Fsp3) is 0.333. The van der Waals surface area contributed by atoms with E-state index < -0.39 is 42.5 Å². The number of pyridine rings is 4. The first-order valence-electron chi connectivity index (χ1n) is 24.1. The highest BCUT2D eigenvalue weighted by atomic mass is 127. The lowest BCUT2D eigenvalue weighted by Gasteiger charge is -2.28. The number of carboxylic acid groups (broad SMARTS) is 1. The quantitative estimate of drug-likeness (QED) is 0.0739. The zero-order chi connectivity index (χ0) is 52.7. The van der Waals surface area contributed by atoms with Crippen molar-refractivity contribution in [1.82, 2.24) is 19.9 Å². The van der Waals surface area contributed by atoms with E-state index in [0.717, 1.165) is 105 Å². The van der Waals surface area contributed by atoms with Crippen molar-refractivity contribution in [2.24, 2.45) is 0 Å². The molecule has 0 saturated carbocycles. The Morgan fingerprint density at radius 2 is 1.18 bits per heavy atom. The highest BCUT2D eigenvalue weighted by molar-refractivity contribution is 14.1. The number of rotatable bonds is 8. The van der Waals surface area contributed by atoms with E-state index in [-0.39, 0.29) is 0 Å². The van der Waals surface area contributed by atoms with E-state index in [2.05, 4.69) is 32.6 Å². The van der Waals surface area contributed by atoms with Crippen molar-refractivity contribution in [3.8, 4) is 22.6 Å². The fourth-order valence-electron chi connectivity index (χ4n) is 9.40. The Kier molecular flexibility index (Phi) is 15.4. The van der Waals surface area contributed by atoms with Gasteiger partial charge in [-0.25, -0.2) is 9.59 Å². The van der Waals surface area contributed by atoms with E-state index >= 15 is 0 Å². The molecule has 4 aromatic heterocycles. The minimum atomic E-state index is -1.50. The molecule has 4 aromatic carbocycles. The molecule has 0 radical (unpaired) electrons. The van der Waals surface area contributed by atoms with E-state index in [1.54, 1.807) is 18.3 Å². The van der Waals surface area contributed by atoms with Crippen molar-refractivity contribution in [3.05, 3.63) is 134 Å². The molecule has 2 aliphatic rings. The third-order valence-corrected chi connectivity index (χ3v) is 13.7. The predicted molar refractivity (Wildman–Crippen MR) is 293 cm³/mol. The second-order valence-corrected chi connectivity index (χ2v) is 21.3. The van der Waals surface area contributed by atoms with Gasteiger partial charge in [-0.15, -0.1) is 0 Å². The van der Waals surface area contributed by atoms with Gasteiger partial charge in [-0.1, -0.05) is 30.3 Å². The average Bonchev–Trinajstić information content (AvgIpc) is 3.32. The number of esters is 1. The summed E-state index contributed by atoms with van der Waals surface area (Å²) in [7, 11) is -0.125. The van der Waals surface area contributed by atoms with E-state index in [1.165, 1.54) is 12.7 Å². The SMILES string of the molecule is COC(=O)[C@@H](OC(C)(C)C)c1c(C)nc2cc(C)ccc2c1I.Cc1ccc2c(-c3ccc4c5c(ccnc35)CCO4)c([C@H](OC(C)(C)C)C(=O)O)c(C)nc2c1.OB(O)c1ccc2c3c(ccnc13)CCO2. The maximum atomic E-state index is 12.5. The zero-order valence-corrected chi connectivity index (χ0v) is 45.2. The lowest BCUT2D eigenvalue weighted by Crippen LogP contribution is -2.31. The first kappa shape index (κ1) is 53.0. The van der Waals surface area contributed by atoms with Gasteiger partial charge in [-0.2, -0.15) is 0 Å². The number of aliphatic carboxylic acids is 1. The standard InChI is InChI=1S/C28H28N2O4.C18H22INO3.C11H10BNO3/c1-15-6-7-18-20(14-15)30-16(2)22(26(27(31)32)34-28(3,4)5)24(18)19-8-9-21-23-17(11-13-33-21)10-12-29-25(19)23;1-10-7-8-12-13(9-10)20-11(2)14(15(12)19)16(17(21)22-6)23-18(3,4)5;14-12(15)8-1-2-9-10-7(4-6-16-9)3-5-13-11(8)10/h6-10,12,14,26H,11,13H2,1-5H3,(H,31,32);7-9,16H,1-6H3;1-3,5,14-15H,4,6H2/t26-;16-;/m00./s1. The van der Waals surface area contributed by atoms with Gasteiger partial charge in [0.15, 0.2) is 12.2 Å². The fourth-order valence-corrected chi connectivity index (χ4v) is 10.5. The van der Waals surface area contributed by atoms with Gasteiger partial charge in [0.05, 0.1) is 53.6 Å². The summed E-state index contributed by atoms with van der Waals surface area (Å²) >= 11 is 2.26. The second kappa shape index (κ2) is 21.3. The molecule has 2 aliphatic heterocycles. The zero-order valence-electron chi connectivity index (χ0n) is 43.0. The van der Waals surface area contributed by atoms with Gasteiger partial charge in [0.1, 0.15) is 11.5 Å². The highest BCUT2D eigenvalue weighted by Crippen LogP contribution is 2.45. The van der Waals surface area contributed by atoms with Crippen LogP contribution in [0.15, 0.2) is 85.2 Å². The highest BCUT2D eigenvalue weighted by Gasteiger charge is 2.35. The summed E-state index contributed by atoms with van der Waals surface area (Å²) in [6.07, 6.45) is 3.18. The number of ether oxygens (including phenoxy) is 5. The van der Waals surface area contributed by atoms with Crippen LogP contribution in [0, 0.1) is 31.3 Å². The third-order valence-electron chi connectivity index (χ3n) is 12.5. The molecule has 0 aliphatic carbocycles. The molecular formula is C57H60BIN4O10. The van der Waals surface area contributed by atoms with Crippen molar-refractivity contribution in [1.29, 1.82) is 0 Å². The monoisotopic (exact) mass is 1100 g/mol. The van der Waals surface area contributed by atoms with E-state index in [1.807, 2.05) is 136 Å². The predicted octanol–water partition coefficient (Wildman–Crippen LogP) is 10.3. The molecular weight excluding hydrogens is 1040 g/mol. The van der Waals surface area contributed by atoms with E-state index in [4.69, 9.17) is 33.7 Å². The summed E-state index contributed by atoms with van der Waals surface area (Å²) in [4.78, 5) is 43.3. The molecule has 6 heterocycles. The largest absolute Gasteiger partial charge is 0.493 e. The molecule has 0 amide bonds. The minimum absolute atomic E-state index is 0.408. The van der Waals surface area contributed by atoms with Gasteiger partial charge in [-0.3, -0.25) is 19.9 Å². The Morgan fingerprint density at radius 1 is 0.671 bits per heavy atom. The van der Waals surface area contributed by atoms with Gasteiger partial charge in [-0.05, 0) is 157 Å². The van der Waals surface area contributed by atoms with Crippen molar-refractivity contribution < 1.29 is 48.4 Å². The molecule has 0 bridgehead atoms. The van der Waals surface area contributed by atoms with Gasteiger partial charge in [0, 0.05) is 89.5 Å². The summed E-state index contributed by atoms with van der Waals surface area (Å²) in [5, 5.41) is 32.6. The lowest BCUT2D eigenvalue weighted by molar-refractivity contribution is -0.164. The smallest absolute Gasteiger partial charge is 0.490 e. The topological polar surface area (TPSA) is 193 Å². The van der Waals surface area contributed by atoms with Crippen LogP contribution in [0.5, 0.6) is 11.5 Å². The molecule has 3 N–H and O–H groups in total. The van der Waals surface area contributed by atoms with Crippen LogP contribution in [0.4, 0.5) is 0 Å². The van der Waals surface area contributed by atoms with Crippen LogP contribution in [0.1, 0.15) is 98.5 Å². The normalized spacial score (nSPS) is 13.8. The molecule has 0 unspecified atom stereocenters. The van der Waals surface area contributed by atoms with Crippen molar-refractivity contribution in [3.63, 3.8) is 0 Å². The van der Waals surface area contributed by atoms with Crippen LogP contribution < -0.4 is 14.9 Å². The molecule has 14 nitrogen and oxygen atoms in total. The second-order valence-electron chi connectivity index (χ2n) is 20.3. The Hall–Kier alpha value is -6.31. The van der Waals surface area contributed by atoms with Crippen LogP contribution >= 0.6 is 22.6 Å². The van der Waals surface area contributed by atoms with Crippen LogP contribution in [0.3, 0.4) is 0 Å². The number of aromatic nitrogens is 4. The molecule has 10 rings (SSSR count). The van der Waals surface area contributed by atoms with Gasteiger partial charge < -0.3 is 38.8 Å². The van der Waals surface area contributed by atoms with Crippen LogP contribution in [-0.4, -0.2) is 85.7 Å². The number of hydrogen-bond acceptors (Lipinski definition) is 13. The Bertz CT molecular complexity index is 3420. The number of carboxylic acids is 1. The number of benzene rings is 4. The van der Waals surface area contributed by atoms with Gasteiger partial charge >= 0.3 is 19.1 Å². The van der Waals surface area contributed by atoms with Crippen molar-refractivity contribution in [2.75, 3.05) is 20.3 Å². The molecule has 378 valence electrons. The first-order valence-corrected chi connectivity index (χ1v) is 25.2. The lowest BCUT2D eigenvalue weighted by atomic mass is 9.78. The number of fused-ring (bicyclic) bond motifs is 2. The number of nitrogens with zero attached hydrogens (tertiary/aromatic N) is 4. The number of hydrogen-bond donors (Lipinski definition) is 3.